The second-order valence-electron chi connectivity index (χ2n) is 5.00. The quantitative estimate of drug-likeness (QED) is 0.609. The maximum Gasteiger partial charge on any atom is 0.0675 e. The smallest absolute Gasteiger partial charge is 0.0675 e. The fraction of sp³-hybridized carbons (Fsp3) is 1.00. The number of hydrogen-bond acceptors (Lipinski definition) is 1. The predicted octanol–water partition coefficient (Wildman–Crippen LogP) is 3.26. The van der Waals surface area contributed by atoms with Gasteiger partial charge in [0, 0.05) is 0 Å². The zero-order valence-corrected chi connectivity index (χ0v) is 8.60. The van der Waals surface area contributed by atoms with Crippen molar-refractivity contribution in [1.82, 2.24) is 0 Å². The number of fused-ring (bicyclic) bond motifs is 1. The molecule has 2 unspecified atom stereocenters. The van der Waals surface area contributed by atoms with Crippen LogP contribution in [0.15, 0.2) is 0 Å². The third-order valence-corrected chi connectivity index (χ3v) is 4.08. The Balaban J connectivity index is 2.02. The van der Waals surface area contributed by atoms with Crippen LogP contribution in [-0.2, 0) is 0 Å². The molecule has 0 aliphatic heterocycles. The molecule has 2 atom stereocenters. The van der Waals surface area contributed by atoms with E-state index in [0.29, 0.717) is 5.92 Å². The number of aliphatic hydroxyl groups is 1. The van der Waals surface area contributed by atoms with Gasteiger partial charge in [-0.15, -0.1) is 0 Å². The van der Waals surface area contributed by atoms with E-state index in [1.54, 1.807) is 0 Å². The van der Waals surface area contributed by atoms with E-state index in [1.807, 2.05) is 0 Å². The van der Waals surface area contributed by atoms with Crippen LogP contribution in [0.4, 0.5) is 0 Å². The average molecular weight is 182 g/mol. The van der Waals surface area contributed by atoms with Crippen molar-refractivity contribution < 1.29 is 5.11 Å². The number of hydrogen-bond donors (Lipinski definition) is 1. The topological polar surface area (TPSA) is 20.2 Å². The molecule has 0 bridgehead atoms. The van der Waals surface area contributed by atoms with Crippen LogP contribution in [-0.4, -0.2) is 10.7 Å². The Morgan fingerprint density at radius 2 is 1.31 bits per heavy atom. The second kappa shape index (κ2) is 4.00. The van der Waals surface area contributed by atoms with Crippen molar-refractivity contribution >= 4 is 0 Å². The zero-order chi connectivity index (χ0) is 9.15. The van der Waals surface area contributed by atoms with Crippen LogP contribution in [0.1, 0.15) is 64.2 Å². The second-order valence-corrected chi connectivity index (χ2v) is 5.00. The molecule has 0 aromatic rings. The van der Waals surface area contributed by atoms with E-state index in [-0.39, 0.29) is 5.60 Å². The van der Waals surface area contributed by atoms with E-state index in [2.05, 4.69) is 0 Å². The molecule has 2 fully saturated rings. The first kappa shape index (κ1) is 9.51. The Kier molecular flexibility index (Phi) is 2.92. The summed E-state index contributed by atoms with van der Waals surface area (Å²) in [5.41, 5.74) is -0.251. The molecule has 0 heterocycles. The van der Waals surface area contributed by atoms with Gasteiger partial charge >= 0.3 is 0 Å². The predicted molar refractivity (Wildman–Crippen MR) is 54.6 cm³/mol. The Morgan fingerprint density at radius 1 is 0.769 bits per heavy atom. The van der Waals surface area contributed by atoms with Crippen LogP contribution in [0.5, 0.6) is 0 Å². The molecule has 0 aromatic heterocycles. The Labute approximate surface area is 81.5 Å². The summed E-state index contributed by atoms with van der Waals surface area (Å²) in [5.74, 6) is 0.640. The highest BCUT2D eigenvalue weighted by Crippen LogP contribution is 2.41. The highest BCUT2D eigenvalue weighted by molar-refractivity contribution is 4.90. The van der Waals surface area contributed by atoms with Crippen molar-refractivity contribution in [3.05, 3.63) is 0 Å². The van der Waals surface area contributed by atoms with Crippen LogP contribution in [0.3, 0.4) is 0 Å². The first-order valence-electron chi connectivity index (χ1n) is 6.04. The molecular weight excluding hydrogens is 160 g/mol. The molecule has 2 aliphatic rings. The summed E-state index contributed by atoms with van der Waals surface area (Å²) in [6.07, 6.45) is 12.7. The van der Waals surface area contributed by atoms with Gasteiger partial charge in [-0.2, -0.15) is 0 Å². The summed E-state index contributed by atoms with van der Waals surface area (Å²) in [4.78, 5) is 0. The molecule has 2 saturated carbocycles. The van der Waals surface area contributed by atoms with Gasteiger partial charge in [-0.3, -0.25) is 0 Å². The van der Waals surface area contributed by atoms with E-state index < -0.39 is 0 Å². The molecule has 2 aliphatic carbocycles. The van der Waals surface area contributed by atoms with Gasteiger partial charge in [-0.1, -0.05) is 38.5 Å². The molecule has 2 rings (SSSR count). The minimum absolute atomic E-state index is 0.251. The standard InChI is InChI=1S/C12H22O/c13-12-9-5-2-1-3-7-11(12)8-4-6-10-12/h11,13H,1-10H2. The van der Waals surface area contributed by atoms with Gasteiger partial charge in [-0.25, -0.2) is 0 Å². The van der Waals surface area contributed by atoms with Crippen molar-refractivity contribution in [2.24, 2.45) is 5.92 Å². The molecule has 0 amide bonds. The summed E-state index contributed by atoms with van der Waals surface area (Å²) >= 11 is 0. The maximum absolute atomic E-state index is 10.5. The Hall–Kier alpha value is -0.0400. The maximum atomic E-state index is 10.5. The molecule has 1 N–H and O–H groups in total. The van der Waals surface area contributed by atoms with Gasteiger partial charge in [0.15, 0.2) is 0 Å². The molecular formula is C12H22O. The van der Waals surface area contributed by atoms with Crippen LogP contribution >= 0.6 is 0 Å². The lowest BCUT2D eigenvalue weighted by Gasteiger charge is -2.41. The molecule has 0 radical (unpaired) electrons. The molecule has 0 saturated heterocycles. The van der Waals surface area contributed by atoms with Gasteiger partial charge in [0.1, 0.15) is 0 Å². The first-order chi connectivity index (χ1) is 6.31. The minimum Gasteiger partial charge on any atom is -0.390 e. The van der Waals surface area contributed by atoms with Crippen LogP contribution in [0.25, 0.3) is 0 Å². The van der Waals surface area contributed by atoms with E-state index >= 15 is 0 Å². The van der Waals surface area contributed by atoms with Crippen molar-refractivity contribution in [3.8, 4) is 0 Å². The summed E-state index contributed by atoms with van der Waals surface area (Å²) in [7, 11) is 0. The van der Waals surface area contributed by atoms with Crippen molar-refractivity contribution in [2.75, 3.05) is 0 Å². The third-order valence-electron chi connectivity index (χ3n) is 4.08. The molecule has 1 nitrogen and oxygen atoms in total. The molecule has 13 heavy (non-hydrogen) atoms. The summed E-state index contributed by atoms with van der Waals surface area (Å²) < 4.78 is 0. The lowest BCUT2D eigenvalue weighted by Crippen LogP contribution is -2.41. The first-order valence-corrected chi connectivity index (χ1v) is 6.04. The molecule has 76 valence electrons. The van der Waals surface area contributed by atoms with E-state index in [1.165, 1.54) is 51.4 Å². The lowest BCUT2D eigenvalue weighted by molar-refractivity contribution is -0.0637. The van der Waals surface area contributed by atoms with Gasteiger partial charge in [0.2, 0.25) is 0 Å². The summed E-state index contributed by atoms with van der Waals surface area (Å²) in [6, 6.07) is 0. The molecule has 1 heteroatoms. The summed E-state index contributed by atoms with van der Waals surface area (Å²) in [5, 5.41) is 10.5. The monoisotopic (exact) mass is 182 g/mol. The van der Waals surface area contributed by atoms with Gasteiger partial charge < -0.3 is 5.11 Å². The number of rotatable bonds is 0. The van der Waals surface area contributed by atoms with Crippen LogP contribution < -0.4 is 0 Å². The van der Waals surface area contributed by atoms with Crippen LogP contribution in [0.2, 0.25) is 0 Å². The Bertz CT molecular complexity index is 167. The minimum atomic E-state index is -0.251. The highest BCUT2D eigenvalue weighted by atomic mass is 16.3. The molecule has 0 aromatic carbocycles. The fourth-order valence-corrected chi connectivity index (χ4v) is 3.21. The lowest BCUT2D eigenvalue weighted by atomic mass is 9.69. The van der Waals surface area contributed by atoms with Crippen LogP contribution in [0, 0.1) is 5.92 Å². The fourth-order valence-electron chi connectivity index (χ4n) is 3.21. The van der Waals surface area contributed by atoms with E-state index in [4.69, 9.17) is 0 Å². The van der Waals surface area contributed by atoms with Gasteiger partial charge in [-0.05, 0) is 31.6 Å². The average Bonchev–Trinajstić information content (AvgIpc) is 2.09. The molecule has 0 spiro atoms. The van der Waals surface area contributed by atoms with E-state index in [0.717, 1.165) is 12.8 Å². The largest absolute Gasteiger partial charge is 0.390 e. The normalized spacial score (nSPS) is 41.8. The highest BCUT2D eigenvalue weighted by Gasteiger charge is 2.38. The van der Waals surface area contributed by atoms with Crippen molar-refractivity contribution in [2.45, 2.75) is 69.8 Å². The summed E-state index contributed by atoms with van der Waals surface area (Å²) in [6.45, 7) is 0. The van der Waals surface area contributed by atoms with Crippen molar-refractivity contribution in [3.63, 3.8) is 0 Å². The third kappa shape index (κ3) is 2.07. The zero-order valence-electron chi connectivity index (χ0n) is 8.60. The van der Waals surface area contributed by atoms with E-state index in [9.17, 15) is 5.11 Å². The SMILES string of the molecule is OC12CCCCCCC1CCCC2. The van der Waals surface area contributed by atoms with Crippen molar-refractivity contribution in [1.29, 1.82) is 0 Å². The Morgan fingerprint density at radius 3 is 2.08 bits per heavy atom. The van der Waals surface area contributed by atoms with Gasteiger partial charge in [0.25, 0.3) is 0 Å². The van der Waals surface area contributed by atoms with Gasteiger partial charge in [0.05, 0.1) is 5.60 Å².